The van der Waals surface area contributed by atoms with Gasteiger partial charge in [0.2, 0.25) is 11.1 Å². The number of hydrogen-bond donors (Lipinski definition) is 2. The summed E-state index contributed by atoms with van der Waals surface area (Å²) in [6, 6.07) is 6.39. The standard InChI is InChI=1S/C13H16N6S/c1-7(2)19(3)13-15-9-5-4-8(6-10(9)16-13)11-17-18-12(14)20-11/h4-7H,1-3H3,(H2,14,18)(H,15,16). The lowest BCUT2D eigenvalue weighted by Gasteiger charge is -2.19. The fourth-order valence-electron chi connectivity index (χ4n) is 1.89. The van der Waals surface area contributed by atoms with Crippen LogP contribution in [0, 0.1) is 0 Å². The highest BCUT2D eigenvalue weighted by Gasteiger charge is 2.12. The van der Waals surface area contributed by atoms with E-state index in [9.17, 15) is 0 Å². The highest BCUT2D eigenvalue weighted by Crippen LogP contribution is 2.28. The third-order valence-corrected chi connectivity index (χ3v) is 4.07. The van der Waals surface area contributed by atoms with Gasteiger partial charge in [-0.3, -0.25) is 0 Å². The van der Waals surface area contributed by atoms with Crippen LogP contribution >= 0.6 is 11.3 Å². The third kappa shape index (κ3) is 2.20. The van der Waals surface area contributed by atoms with Crippen molar-refractivity contribution < 1.29 is 0 Å². The second-order valence-electron chi connectivity index (χ2n) is 4.94. The molecule has 3 rings (SSSR count). The highest BCUT2D eigenvalue weighted by molar-refractivity contribution is 7.18. The normalized spacial score (nSPS) is 11.4. The van der Waals surface area contributed by atoms with Crippen LogP contribution in [0.15, 0.2) is 18.2 Å². The molecule has 0 aliphatic rings. The van der Waals surface area contributed by atoms with Crippen molar-refractivity contribution >= 4 is 33.5 Å². The van der Waals surface area contributed by atoms with Gasteiger partial charge in [-0.25, -0.2) is 4.98 Å². The number of nitrogens with two attached hydrogens (primary N) is 1. The number of anilines is 2. The topological polar surface area (TPSA) is 83.7 Å². The zero-order chi connectivity index (χ0) is 14.3. The Morgan fingerprint density at radius 3 is 2.75 bits per heavy atom. The summed E-state index contributed by atoms with van der Waals surface area (Å²) in [5.41, 5.74) is 8.54. The Balaban J connectivity index is 2.03. The van der Waals surface area contributed by atoms with Crippen LogP contribution in [0.25, 0.3) is 21.6 Å². The number of aromatic amines is 1. The van der Waals surface area contributed by atoms with Crippen LogP contribution in [0.5, 0.6) is 0 Å². The average Bonchev–Trinajstić information content (AvgIpc) is 3.02. The van der Waals surface area contributed by atoms with Crippen molar-refractivity contribution in [1.82, 2.24) is 20.2 Å². The largest absolute Gasteiger partial charge is 0.374 e. The van der Waals surface area contributed by atoms with Gasteiger partial charge < -0.3 is 15.6 Å². The molecule has 0 saturated carbocycles. The van der Waals surface area contributed by atoms with Gasteiger partial charge in [0.05, 0.1) is 11.0 Å². The van der Waals surface area contributed by atoms with E-state index in [-0.39, 0.29) is 0 Å². The lowest BCUT2D eigenvalue weighted by Crippen LogP contribution is -2.26. The molecule has 7 heteroatoms. The number of nitrogen functional groups attached to an aromatic ring is 1. The van der Waals surface area contributed by atoms with Crippen molar-refractivity contribution in [3.8, 4) is 10.6 Å². The minimum Gasteiger partial charge on any atom is -0.374 e. The summed E-state index contributed by atoms with van der Waals surface area (Å²) in [5.74, 6) is 0.865. The van der Waals surface area contributed by atoms with E-state index in [0.717, 1.165) is 27.6 Å². The lowest BCUT2D eigenvalue weighted by atomic mass is 10.2. The van der Waals surface area contributed by atoms with Crippen molar-refractivity contribution in [2.24, 2.45) is 0 Å². The minimum absolute atomic E-state index is 0.387. The first-order valence-corrected chi connectivity index (χ1v) is 7.18. The molecule has 1 aromatic carbocycles. The van der Waals surface area contributed by atoms with Crippen LogP contribution < -0.4 is 10.6 Å². The number of hydrogen-bond acceptors (Lipinski definition) is 6. The van der Waals surface area contributed by atoms with Gasteiger partial charge in [-0.05, 0) is 32.0 Å². The molecular weight excluding hydrogens is 272 g/mol. The van der Waals surface area contributed by atoms with Gasteiger partial charge in [-0.1, -0.05) is 11.3 Å². The number of rotatable bonds is 3. The summed E-state index contributed by atoms with van der Waals surface area (Å²) < 4.78 is 0. The molecule has 0 amide bonds. The Morgan fingerprint density at radius 1 is 1.30 bits per heavy atom. The maximum atomic E-state index is 5.62. The van der Waals surface area contributed by atoms with Crippen molar-refractivity contribution in [1.29, 1.82) is 0 Å². The van der Waals surface area contributed by atoms with E-state index >= 15 is 0 Å². The highest BCUT2D eigenvalue weighted by atomic mass is 32.1. The summed E-state index contributed by atoms with van der Waals surface area (Å²) >= 11 is 1.38. The molecule has 0 aliphatic heterocycles. The predicted molar refractivity (Wildman–Crippen MR) is 82.9 cm³/mol. The van der Waals surface area contributed by atoms with Gasteiger partial charge in [0.25, 0.3) is 0 Å². The molecule has 2 aromatic heterocycles. The third-order valence-electron chi connectivity index (χ3n) is 3.27. The Hall–Kier alpha value is -2.15. The molecular formula is C13H16N6S. The smallest absolute Gasteiger partial charge is 0.203 e. The molecule has 3 aromatic rings. The number of imidazole rings is 1. The van der Waals surface area contributed by atoms with Crippen LogP contribution in [0.4, 0.5) is 11.1 Å². The second-order valence-corrected chi connectivity index (χ2v) is 5.95. The van der Waals surface area contributed by atoms with E-state index in [1.54, 1.807) is 0 Å². The van der Waals surface area contributed by atoms with E-state index in [1.807, 2.05) is 25.2 Å². The first kappa shape index (κ1) is 12.9. The van der Waals surface area contributed by atoms with Crippen LogP contribution in [-0.2, 0) is 0 Å². The molecule has 6 nitrogen and oxygen atoms in total. The van der Waals surface area contributed by atoms with Crippen LogP contribution in [0.2, 0.25) is 0 Å². The Labute approximate surface area is 120 Å². The Bertz CT molecular complexity index is 744. The van der Waals surface area contributed by atoms with Gasteiger partial charge >= 0.3 is 0 Å². The van der Waals surface area contributed by atoms with Gasteiger partial charge in [0.1, 0.15) is 5.01 Å². The van der Waals surface area contributed by atoms with E-state index in [0.29, 0.717) is 11.2 Å². The first-order chi connectivity index (χ1) is 9.54. The Morgan fingerprint density at radius 2 is 2.10 bits per heavy atom. The van der Waals surface area contributed by atoms with Gasteiger partial charge in [-0.15, -0.1) is 10.2 Å². The maximum Gasteiger partial charge on any atom is 0.203 e. The first-order valence-electron chi connectivity index (χ1n) is 6.36. The maximum absolute atomic E-state index is 5.62. The summed E-state index contributed by atoms with van der Waals surface area (Å²) in [4.78, 5) is 10.0. The number of H-pyrrole nitrogens is 1. The zero-order valence-electron chi connectivity index (χ0n) is 11.6. The van der Waals surface area contributed by atoms with Crippen molar-refractivity contribution in [2.75, 3.05) is 17.7 Å². The zero-order valence-corrected chi connectivity index (χ0v) is 12.4. The molecule has 0 unspecified atom stereocenters. The second kappa shape index (κ2) is 4.75. The quantitative estimate of drug-likeness (QED) is 0.773. The number of aromatic nitrogens is 4. The van der Waals surface area contributed by atoms with Gasteiger partial charge in [-0.2, -0.15) is 0 Å². The molecule has 3 N–H and O–H groups in total. The van der Waals surface area contributed by atoms with Crippen molar-refractivity contribution in [3.05, 3.63) is 18.2 Å². The molecule has 2 heterocycles. The number of nitrogens with one attached hydrogen (secondary N) is 1. The molecule has 20 heavy (non-hydrogen) atoms. The minimum atomic E-state index is 0.387. The molecule has 0 saturated heterocycles. The molecule has 0 bridgehead atoms. The summed E-state index contributed by atoms with van der Waals surface area (Å²) in [5, 5.41) is 9.20. The molecule has 0 radical (unpaired) electrons. The summed E-state index contributed by atoms with van der Waals surface area (Å²) in [6.07, 6.45) is 0. The van der Waals surface area contributed by atoms with E-state index < -0.39 is 0 Å². The monoisotopic (exact) mass is 288 g/mol. The fourth-order valence-corrected chi connectivity index (χ4v) is 2.50. The van der Waals surface area contributed by atoms with Crippen molar-refractivity contribution in [3.63, 3.8) is 0 Å². The summed E-state index contributed by atoms with van der Waals surface area (Å²) in [7, 11) is 2.02. The fraction of sp³-hybridized carbons (Fsp3) is 0.308. The molecule has 0 atom stereocenters. The van der Waals surface area contributed by atoms with E-state index in [4.69, 9.17) is 5.73 Å². The summed E-state index contributed by atoms with van der Waals surface area (Å²) in [6.45, 7) is 4.26. The lowest BCUT2D eigenvalue weighted by molar-refractivity contribution is 0.736. The van der Waals surface area contributed by atoms with E-state index in [2.05, 4.69) is 38.9 Å². The Kier molecular flexibility index (Phi) is 3.06. The van der Waals surface area contributed by atoms with Gasteiger partial charge in [0, 0.05) is 18.7 Å². The average molecular weight is 288 g/mol. The predicted octanol–water partition coefficient (Wildman–Crippen LogP) is 2.51. The number of nitrogens with zero attached hydrogens (tertiary/aromatic N) is 4. The van der Waals surface area contributed by atoms with Crippen LogP contribution in [-0.4, -0.2) is 33.3 Å². The number of fused-ring (bicyclic) bond motifs is 1. The van der Waals surface area contributed by atoms with Gasteiger partial charge in [0.15, 0.2) is 0 Å². The van der Waals surface area contributed by atoms with Crippen LogP contribution in [0.3, 0.4) is 0 Å². The van der Waals surface area contributed by atoms with E-state index in [1.165, 1.54) is 11.3 Å². The van der Waals surface area contributed by atoms with Crippen molar-refractivity contribution in [2.45, 2.75) is 19.9 Å². The SMILES string of the molecule is CC(C)N(C)c1nc2ccc(-c3nnc(N)s3)cc2[nH]1. The van der Waals surface area contributed by atoms with Crippen LogP contribution in [0.1, 0.15) is 13.8 Å². The molecule has 0 spiro atoms. The number of benzene rings is 1. The molecule has 0 fully saturated rings. The molecule has 0 aliphatic carbocycles. The molecule has 104 valence electrons.